The molecular formula is C50H35NO. The van der Waals surface area contributed by atoms with Crippen molar-refractivity contribution in [3.8, 4) is 55.6 Å². The second kappa shape index (κ2) is 12.6. The Hall–Kier alpha value is -6.64. The molecule has 2 heteroatoms. The van der Waals surface area contributed by atoms with Crippen molar-refractivity contribution in [1.82, 2.24) is 0 Å². The Morgan fingerprint density at radius 1 is 0.346 bits per heavy atom. The van der Waals surface area contributed by atoms with E-state index >= 15 is 0 Å². The van der Waals surface area contributed by atoms with Crippen molar-refractivity contribution in [3.05, 3.63) is 199 Å². The van der Waals surface area contributed by atoms with Gasteiger partial charge < -0.3 is 9.32 Å². The highest BCUT2D eigenvalue weighted by Gasteiger charge is 2.22. The molecule has 0 N–H and O–H groups in total. The van der Waals surface area contributed by atoms with Crippen LogP contribution in [-0.2, 0) is 13.1 Å². The van der Waals surface area contributed by atoms with Crippen molar-refractivity contribution >= 4 is 27.6 Å². The summed E-state index contributed by atoms with van der Waals surface area (Å²) in [4.78, 5) is 2.50. The number of anilines is 1. The summed E-state index contributed by atoms with van der Waals surface area (Å²) in [5.41, 5.74) is 17.9. The van der Waals surface area contributed by atoms with Crippen molar-refractivity contribution in [1.29, 1.82) is 0 Å². The van der Waals surface area contributed by atoms with Crippen LogP contribution in [0.15, 0.2) is 192 Å². The molecule has 0 saturated carbocycles. The fourth-order valence-corrected chi connectivity index (χ4v) is 7.97. The van der Waals surface area contributed by atoms with Gasteiger partial charge in [-0.15, -0.1) is 0 Å². The van der Waals surface area contributed by atoms with Gasteiger partial charge in [0.25, 0.3) is 0 Å². The highest BCUT2D eigenvalue weighted by atomic mass is 16.3. The van der Waals surface area contributed by atoms with Crippen LogP contribution in [0.2, 0.25) is 0 Å². The van der Waals surface area contributed by atoms with Crippen molar-refractivity contribution in [2.75, 3.05) is 4.90 Å². The van der Waals surface area contributed by atoms with Crippen LogP contribution in [0, 0.1) is 0 Å². The first kappa shape index (κ1) is 30.2. The topological polar surface area (TPSA) is 16.4 Å². The molecule has 10 rings (SSSR count). The van der Waals surface area contributed by atoms with Crippen LogP contribution in [0.4, 0.5) is 5.69 Å². The molecule has 1 aromatic heterocycles. The van der Waals surface area contributed by atoms with Gasteiger partial charge in [0.15, 0.2) is 0 Å². The summed E-state index contributed by atoms with van der Waals surface area (Å²) in [5, 5.41) is 2.31. The molecule has 9 aromatic rings. The number of benzene rings is 8. The highest BCUT2D eigenvalue weighted by molar-refractivity contribution is 6.12. The molecular weight excluding hydrogens is 631 g/mol. The molecule has 0 unspecified atom stereocenters. The van der Waals surface area contributed by atoms with Gasteiger partial charge in [-0.2, -0.15) is 0 Å². The summed E-state index contributed by atoms with van der Waals surface area (Å²) < 4.78 is 6.31. The fraction of sp³-hybridized carbons (Fsp3) is 0.0400. The zero-order valence-corrected chi connectivity index (χ0v) is 28.7. The van der Waals surface area contributed by atoms with E-state index in [2.05, 4.69) is 187 Å². The molecule has 0 saturated heterocycles. The van der Waals surface area contributed by atoms with Gasteiger partial charge in [-0.05, 0) is 121 Å². The third-order valence-corrected chi connectivity index (χ3v) is 10.5. The van der Waals surface area contributed by atoms with E-state index in [1.54, 1.807) is 0 Å². The van der Waals surface area contributed by atoms with Crippen LogP contribution < -0.4 is 4.90 Å². The van der Waals surface area contributed by atoms with Crippen molar-refractivity contribution < 1.29 is 4.42 Å². The minimum atomic E-state index is 0.824. The molecule has 2 nitrogen and oxygen atoms in total. The first-order valence-corrected chi connectivity index (χ1v) is 18.0. The zero-order chi connectivity index (χ0) is 34.4. The predicted molar refractivity (Wildman–Crippen MR) is 217 cm³/mol. The van der Waals surface area contributed by atoms with Gasteiger partial charge in [0, 0.05) is 29.5 Å². The summed E-state index contributed by atoms with van der Waals surface area (Å²) >= 11 is 0. The molecule has 0 radical (unpaired) electrons. The van der Waals surface area contributed by atoms with E-state index in [1.165, 1.54) is 72.4 Å². The number of nitrogens with zero attached hydrogens (tertiary/aromatic N) is 1. The van der Waals surface area contributed by atoms with Crippen LogP contribution in [0.25, 0.3) is 77.6 Å². The third kappa shape index (κ3) is 5.37. The van der Waals surface area contributed by atoms with Crippen molar-refractivity contribution in [3.63, 3.8) is 0 Å². The van der Waals surface area contributed by atoms with Gasteiger partial charge in [0.1, 0.15) is 11.2 Å². The SMILES string of the molecule is c1ccc(-c2cc(-c3ccccc3)cc(-c3ccc4c(c3)-c3cc(-c5cccc6oc7ccccc7c56)ccc3CN(c3ccccc3)C4)c2)cc1. The predicted octanol–water partition coefficient (Wildman–Crippen LogP) is 13.4. The third-order valence-electron chi connectivity index (χ3n) is 10.5. The Morgan fingerprint density at radius 2 is 0.865 bits per heavy atom. The smallest absolute Gasteiger partial charge is 0.136 e. The lowest BCUT2D eigenvalue weighted by Gasteiger charge is -2.24. The Kier molecular flexibility index (Phi) is 7.32. The van der Waals surface area contributed by atoms with Gasteiger partial charge in [0.2, 0.25) is 0 Å². The first-order valence-electron chi connectivity index (χ1n) is 18.0. The normalized spacial score (nSPS) is 12.4. The number of fused-ring (bicyclic) bond motifs is 6. The molecule has 246 valence electrons. The fourth-order valence-electron chi connectivity index (χ4n) is 7.97. The van der Waals surface area contributed by atoms with Gasteiger partial charge in [0.05, 0.1) is 0 Å². The highest BCUT2D eigenvalue weighted by Crippen LogP contribution is 2.43. The molecule has 52 heavy (non-hydrogen) atoms. The Balaban J connectivity index is 1.17. The lowest BCUT2D eigenvalue weighted by molar-refractivity contribution is 0.669. The number of hydrogen-bond donors (Lipinski definition) is 0. The second-order valence-electron chi connectivity index (χ2n) is 13.7. The van der Waals surface area contributed by atoms with Gasteiger partial charge in [-0.3, -0.25) is 0 Å². The van der Waals surface area contributed by atoms with E-state index < -0.39 is 0 Å². The molecule has 0 aliphatic carbocycles. The lowest BCUT2D eigenvalue weighted by atomic mass is 9.88. The van der Waals surface area contributed by atoms with Gasteiger partial charge >= 0.3 is 0 Å². The summed E-state index contributed by atoms with van der Waals surface area (Å²) in [6.07, 6.45) is 0. The Bertz CT molecular complexity index is 2670. The molecule has 8 aromatic carbocycles. The van der Waals surface area contributed by atoms with Crippen molar-refractivity contribution in [2.45, 2.75) is 13.1 Å². The molecule has 0 amide bonds. The minimum Gasteiger partial charge on any atom is -0.456 e. The monoisotopic (exact) mass is 665 g/mol. The average molecular weight is 666 g/mol. The first-order chi connectivity index (χ1) is 25.7. The maximum absolute atomic E-state index is 6.31. The number of hydrogen-bond acceptors (Lipinski definition) is 2. The molecule has 0 atom stereocenters. The van der Waals surface area contributed by atoms with Crippen molar-refractivity contribution in [2.24, 2.45) is 0 Å². The molecule has 1 aliphatic rings. The lowest BCUT2D eigenvalue weighted by Crippen LogP contribution is -2.20. The molecule has 2 heterocycles. The largest absolute Gasteiger partial charge is 0.456 e. The van der Waals surface area contributed by atoms with E-state index in [9.17, 15) is 0 Å². The quantitative estimate of drug-likeness (QED) is 0.182. The van der Waals surface area contributed by atoms with Crippen LogP contribution in [-0.4, -0.2) is 0 Å². The van der Waals surface area contributed by atoms with Gasteiger partial charge in [-0.25, -0.2) is 0 Å². The Morgan fingerprint density at radius 3 is 1.52 bits per heavy atom. The van der Waals surface area contributed by atoms with Crippen LogP contribution in [0.5, 0.6) is 0 Å². The van der Waals surface area contributed by atoms with E-state index in [-0.39, 0.29) is 0 Å². The summed E-state index contributed by atoms with van der Waals surface area (Å²) in [5.74, 6) is 0. The second-order valence-corrected chi connectivity index (χ2v) is 13.7. The summed E-state index contributed by atoms with van der Waals surface area (Å²) in [7, 11) is 0. The van der Waals surface area contributed by atoms with E-state index in [1.807, 2.05) is 6.07 Å². The Labute approximate surface area is 303 Å². The number of para-hydroxylation sites is 2. The molecule has 0 spiro atoms. The number of rotatable bonds is 5. The maximum Gasteiger partial charge on any atom is 0.136 e. The summed E-state index contributed by atoms with van der Waals surface area (Å²) in [6.45, 7) is 1.65. The van der Waals surface area contributed by atoms with E-state index in [0.29, 0.717) is 0 Å². The van der Waals surface area contributed by atoms with Crippen LogP contribution in [0.3, 0.4) is 0 Å². The van der Waals surface area contributed by atoms with Crippen LogP contribution >= 0.6 is 0 Å². The van der Waals surface area contributed by atoms with E-state index in [0.717, 1.165) is 35.0 Å². The molecule has 1 aliphatic heterocycles. The number of furan rings is 1. The van der Waals surface area contributed by atoms with Gasteiger partial charge in [-0.1, -0.05) is 133 Å². The minimum absolute atomic E-state index is 0.824. The molecule has 0 bridgehead atoms. The molecule has 0 fully saturated rings. The standard InChI is InChI=1S/C50H35NO/c1-4-13-34(14-5-1)40-27-41(35-15-6-2-7-16-35)29-42(28-40)36-23-25-38-32-51(43-17-8-3-9-18-43)33-39-26-24-37(31-47(39)46(38)30-36)44-20-12-22-49-50(44)45-19-10-11-21-48(45)52-49/h1-31H,32-33H2. The zero-order valence-electron chi connectivity index (χ0n) is 28.7. The van der Waals surface area contributed by atoms with E-state index in [4.69, 9.17) is 4.42 Å². The summed E-state index contributed by atoms with van der Waals surface area (Å²) in [6, 6.07) is 68.2. The van der Waals surface area contributed by atoms with Crippen LogP contribution in [0.1, 0.15) is 11.1 Å². The average Bonchev–Trinajstić information content (AvgIpc) is 3.52. The maximum atomic E-state index is 6.31.